The van der Waals surface area contributed by atoms with Crippen LogP contribution in [0.2, 0.25) is 0 Å². The molecule has 0 bridgehead atoms. The fraction of sp³-hybridized carbons (Fsp3) is 0.529. The van der Waals surface area contributed by atoms with E-state index in [0.29, 0.717) is 24.3 Å². The summed E-state index contributed by atoms with van der Waals surface area (Å²) >= 11 is 0. The minimum Gasteiger partial charge on any atom is -0.330 e. The van der Waals surface area contributed by atoms with Crippen LogP contribution in [0.25, 0.3) is 0 Å². The van der Waals surface area contributed by atoms with Gasteiger partial charge in [-0.2, -0.15) is 0 Å². The average molecular weight is 342 g/mol. The van der Waals surface area contributed by atoms with Crippen molar-refractivity contribution in [2.24, 2.45) is 11.7 Å². The van der Waals surface area contributed by atoms with Gasteiger partial charge in [0.15, 0.2) is 0 Å². The van der Waals surface area contributed by atoms with E-state index in [2.05, 4.69) is 10.6 Å². The summed E-state index contributed by atoms with van der Waals surface area (Å²) in [5, 5.41) is 5.68. The molecule has 0 unspecified atom stereocenters. The molecule has 6 heteroatoms. The smallest absolute Gasteiger partial charge is 0.226 e. The molecule has 0 fully saturated rings. The first-order valence-corrected chi connectivity index (χ1v) is 7.93. The number of carbonyl (C=O) groups excluding carboxylic acids is 2. The number of anilines is 2. The van der Waals surface area contributed by atoms with Gasteiger partial charge in [-0.05, 0) is 37.6 Å². The number of hydrogen-bond acceptors (Lipinski definition) is 3. The van der Waals surface area contributed by atoms with Crippen molar-refractivity contribution in [2.45, 2.75) is 46.0 Å². The Morgan fingerprint density at radius 1 is 1.04 bits per heavy atom. The Morgan fingerprint density at radius 2 is 1.65 bits per heavy atom. The van der Waals surface area contributed by atoms with Crippen molar-refractivity contribution in [3.05, 3.63) is 24.3 Å². The first-order valence-electron chi connectivity index (χ1n) is 7.93. The highest BCUT2D eigenvalue weighted by Crippen LogP contribution is 2.16. The minimum absolute atomic E-state index is 0. The van der Waals surface area contributed by atoms with Gasteiger partial charge < -0.3 is 16.4 Å². The van der Waals surface area contributed by atoms with Gasteiger partial charge in [0.2, 0.25) is 11.8 Å². The molecule has 4 N–H and O–H groups in total. The molecule has 0 aliphatic heterocycles. The lowest BCUT2D eigenvalue weighted by atomic mass is 10.1. The van der Waals surface area contributed by atoms with Crippen LogP contribution in [0.3, 0.4) is 0 Å². The van der Waals surface area contributed by atoms with Gasteiger partial charge in [0.05, 0.1) is 0 Å². The molecule has 0 saturated heterocycles. The lowest BCUT2D eigenvalue weighted by Gasteiger charge is -2.10. The predicted octanol–water partition coefficient (Wildman–Crippen LogP) is 3.55. The van der Waals surface area contributed by atoms with E-state index in [-0.39, 0.29) is 30.1 Å². The zero-order valence-electron chi connectivity index (χ0n) is 13.9. The van der Waals surface area contributed by atoms with Crippen molar-refractivity contribution < 1.29 is 9.59 Å². The predicted molar refractivity (Wildman–Crippen MR) is 97.9 cm³/mol. The van der Waals surface area contributed by atoms with E-state index in [4.69, 9.17) is 5.73 Å². The number of nitrogens with one attached hydrogen (secondary N) is 2. The standard InChI is InChI=1S/C17H27N3O2.ClH/c1-13(2)17(22)20-15-9-7-8-14(12-15)19-16(21)10-5-3-4-6-11-18;/h7-9,12-13H,3-6,10-11,18H2,1-2H3,(H,19,21)(H,20,22);1H. The Kier molecular flexibility index (Phi) is 11.1. The summed E-state index contributed by atoms with van der Waals surface area (Å²) in [7, 11) is 0. The fourth-order valence-electron chi connectivity index (χ4n) is 1.97. The minimum atomic E-state index is -0.0771. The number of rotatable bonds is 9. The van der Waals surface area contributed by atoms with Crippen molar-refractivity contribution in [3.63, 3.8) is 0 Å². The second-order valence-corrected chi connectivity index (χ2v) is 5.73. The number of nitrogens with two attached hydrogens (primary N) is 1. The molecule has 2 amide bonds. The van der Waals surface area contributed by atoms with Crippen LogP contribution in [0.5, 0.6) is 0 Å². The number of carbonyl (C=O) groups is 2. The van der Waals surface area contributed by atoms with Gasteiger partial charge >= 0.3 is 0 Å². The van der Waals surface area contributed by atoms with Gasteiger partial charge in [0.1, 0.15) is 0 Å². The van der Waals surface area contributed by atoms with Crippen LogP contribution < -0.4 is 16.4 Å². The third kappa shape index (κ3) is 9.21. The highest BCUT2D eigenvalue weighted by Gasteiger charge is 2.08. The third-order valence-electron chi connectivity index (χ3n) is 3.30. The molecule has 5 nitrogen and oxygen atoms in total. The summed E-state index contributed by atoms with van der Waals surface area (Å²) in [6, 6.07) is 7.21. The van der Waals surface area contributed by atoms with Crippen molar-refractivity contribution >= 4 is 35.6 Å². The van der Waals surface area contributed by atoms with Crippen LogP contribution in [0.4, 0.5) is 11.4 Å². The summed E-state index contributed by atoms with van der Waals surface area (Å²) in [5.41, 5.74) is 6.83. The van der Waals surface area contributed by atoms with Gasteiger partial charge in [-0.15, -0.1) is 12.4 Å². The Morgan fingerprint density at radius 3 is 2.26 bits per heavy atom. The van der Waals surface area contributed by atoms with Gasteiger partial charge in [-0.3, -0.25) is 9.59 Å². The van der Waals surface area contributed by atoms with E-state index >= 15 is 0 Å². The van der Waals surface area contributed by atoms with Crippen LogP contribution >= 0.6 is 12.4 Å². The second kappa shape index (κ2) is 11.9. The van der Waals surface area contributed by atoms with E-state index in [9.17, 15) is 9.59 Å². The normalized spacial score (nSPS) is 10.1. The van der Waals surface area contributed by atoms with Crippen LogP contribution in [0.1, 0.15) is 46.0 Å². The topological polar surface area (TPSA) is 84.2 Å². The van der Waals surface area contributed by atoms with E-state index < -0.39 is 0 Å². The summed E-state index contributed by atoms with van der Waals surface area (Å²) < 4.78 is 0. The van der Waals surface area contributed by atoms with E-state index in [0.717, 1.165) is 25.7 Å². The molecule has 0 aromatic heterocycles. The largest absolute Gasteiger partial charge is 0.330 e. The fourth-order valence-corrected chi connectivity index (χ4v) is 1.97. The first kappa shape index (κ1) is 21.4. The maximum atomic E-state index is 11.9. The molecule has 0 atom stereocenters. The Bertz CT molecular complexity index is 492. The molecule has 0 aliphatic carbocycles. The SMILES string of the molecule is CC(C)C(=O)Nc1cccc(NC(=O)CCCCCCN)c1.Cl. The number of hydrogen-bond donors (Lipinski definition) is 3. The molecule has 1 rings (SSSR count). The highest BCUT2D eigenvalue weighted by atomic mass is 35.5. The summed E-state index contributed by atoms with van der Waals surface area (Å²) in [6.07, 6.45) is 4.48. The van der Waals surface area contributed by atoms with Crippen molar-refractivity contribution in [3.8, 4) is 0 Å². The molecule has 23 heavy (non-hydrogen) atoms. The Balaban J connectivity index is 0.00000484. The summed E-state index contributed by atoms with van der Waals surface area (Å²) in [6.45, 7) is 4.39. The maximum Gasteiger partial charge on any atom is 0.226 e. The number of halogens is 1. The molecule has 1 aromatic rings. The Labute approximate surface area is 144 Å². The summed E-state index contributed by atoms with van der Waals surface area (Å²) in [5.74, 6) is -0.116. The first-order chi connectivity index (χ1) is 10.5. The lowest BCUT2D eigenvalue weighted by molar-refractivity contribution is -0.119. The maximum absolute atomic E-state index is 11.9. The van der Waals surface area contributed by atoms with Crippen molar-refractivity contribution in [1.82, 2.24) is 0 Å². The molecule has 1 aromatic carbocycles. The quantitative estimate of drug-likeness (QED) is 0.600. The second-order valence-electron chi connectivity index (χ2n) is 5.73. The average Bonchev–Trinajstić information content (AvgIpc) is 2.47. The highest BCUT2D eigenvalue weighted by molar-refractivity contribution is 5.94. The van der Waals surface area contributed by atoms with Crippen molar-refractivity contribution in [1.29, 1.82) is 0 Å². The van der Waals surface area contributed by atoms with Crippen LogP contribution in [0.15, 0.2) is 24.3 Å². The van der Waals surface area contributed by atoms with Crippen LogP contribution in [-0.2, 0) is 9.59 Å². The van der Waals surface area contributed by atoms with Crippen LogP contribution in [0, 0.1) is 5.92 Å². The molecule has 0 heterocycles. The lowest BCUT2D eigenvalue weighted by Crippen LogP contribution is -2.18. The molecular weight excluding hydrogens is 314 g/mol. The molecule has 0 spiro atoms. The molecule has 0 radical (unpaired) electrons. The number of benzene rings is 1. The van der Waals surface area contributed by atoms with Gasteiger partial charge in [-0.1, -0.05) is 32.8 Å². The van der Waals surface area contributed by atoms with Gasteiger partial charge in [0, 0.05) is 23.7 Å². The van der Waals surface area contributed by atoms with Crippen LogP contribution in [-0.4, -0.2) is 18.4 Å². The molecule has 0 saturated carbocycles. The van der Waals surface area contributed by atoms with Crippen molar-refractivity contribution in [2.75, 3.05) is 17.2 Å². The Hall–Kier alpha value is -1.59. The molecular formula is C17H28ClN3O2. The zero-order chi connectivity index (χ0) is 16.4. The molecule has 130 valence electrons. The van der Waals surface area contributed by atoms with E-state index in [1.165, 1.54) is 0 Å². The summed E-state index contributed by atoms with van der Waals surface area (Å²) in [4.78, 5) is 23.5. The monoisotopic (exact) mass is 341 g/mol. The number of unbranched alkanes of at least 4 members (excludes halogenated alkanes) is 3. The van der Waals surface area contributed by atoms with Gasteiger partial charge in [0.25, 0.3) is 0 Å². The zero-order valence-corrected chi connectivity index (χ0v) is 14.7. The van der Waals surface area contributed by atoms with E-state index in [1.54, 1.807) is 6.07 Å². The third-order valence-corrected chi connectivity index (χ3v) is 3.30. The molecule has 0 aliphatic rings. The number of amides is 2. The van der Waals surface area contributed by atoms with E-state index in [1.807, 2.05) is 32.0 Å². The van der Waals surface area contributed by atoms with Gasteiger partial charge in [-0.25, -0.2) is 0 Å².